The molecular formula is C10H11N5O3. The normalized spacial score (nSPS) is 10.3. The summed E-state index contributed by atoms with van der Waals surface area (Å²) in [4.78, 5) is 22.0. The van der Waals surface area contributed by atoms with Crippen LogP contribution in [0, 0.1) is 17.0 Å². The van der Waals surface area contributed by atoms with E-state index in [0.717, 1.165) is 5.56 Å². The number of hydrogen-bond acceptors (Lipinski definition) is 4. The summed E-state index contributed by atoms with van der Waals surface area (Å²) in [7, 11) is 1.57. The third-order valence-corrected chi connectivity index (χ3v) is 2.50. The van der Waals surface area contributed by atoms with Crippen molar-refractivity contribution >= 4 is 17.4 Å². The quantitative estimate of drug-likeness (QED) is 0.630. The highest BCUT2D eigenvalue weighted by atomic mass is 16.6. The van der Waals surface area contributed by atoms with Gasteiger partial charge in [0.1, 0.15) is 11.5 Å². The van der Waals surface area contributed by atoms with Crippen molar-refractivity contribution in [3.63, 3.8) is 0 Å². The van der Waals surface area contributed by atoms with Gasteiger partial charge >= 0.3 is 0 Å². The molecule has 94 valence electrons. The highest BCUT2D eigenvalue weighted by molar-refractivity contribution is 6.03. The topological polar surface area (TPSA) is 106 Å². The summed E-state index contributed by atoms with van der Waals surface area (Å²) in [5.41, 5.74) is 0.867. The number of amides is 1. The Balaban J connectivity index is 2.24. The minimum Gasteiger partial charge on any atom is -0.340 e. The summed E-state index contributed by atoms with van der Waals surface area (Å²) in [6, 6.07) is 1.22. The van der Waals surface area contributed by atoms with E-state index in [1.807, 2.05) is 0 Å². The molecule has 0 unspecified atom stereocenters. The summed E-state index contributed by atoms with van der Waals surface area (Å²) in [5, 5.41) is 19.6. The Bertz CT molecular complexity index is 613. The molecule has 0 saturated heterocycles. The molecule has 2 rings (SSSR count). The lowest BCUT2D eigenvalue weighted by atomic mass is 10.3. The second kappa shape index (κ2) is 4.32. The van der Waals surface area contributed by atoms with Crippen molar-refractivity contribution in [2.45, 2.75) is 6.92 Å². The summed E-state index contributed by atoms with van der Waals surface area (Å²) in [5.74, 6) is 0.0433. The van der Waals surface area contributed by atoms with E-state index in [0.29, 0.717) is 5.82 Å². The maximum Gasteiger partial charge on any atom is 0.287 e. The van der Waals surface area contributed by atoms with Crippen molar-refractivity contribution in [3.05, 3.63) is 39.8 Å². The van der Waals surface area contributed by atoms with E-state index in [2.05, 4.69) is 15.5 Å². The minimum absolute atomic E-state index is 0.121. The molecule has 0 spiro atoms. The number of rotatable bonds is 3. The lowest BCUT2D eigenvalue weighted by Crippen LogP contribution is -2.16. The molecule has 0 aliphatic heterocycles. The van der Waals surface area contributed by atoms with Crippen LogP contribution in [0.15, 0.2) is 18.5 Å². The molecule has 0 aromatic carbocycles. The first-order valence-electron chi connectivity index (χ1n) is 5.11. The number of carbonyl (C=O) groups is 1. The zero-order valence-corrected chi connectivity index (χ0v) is 9.80. The monoisotopic (exact) mass is 249 g/mol. The number of carbonyl (C=O) groups excluding carboxylic acids is 1. The van der Waals surface area contributed by atoms with Crippen LogP contribution in [0.5, 0.6) is 0 Å². The fourth-order valence-electron chi connectivity index (χ4n) is 1.52. The molecule has 2 N–H and O–H groups in total. The van der Waals surface area contributed by atoms with Crippen molar-refractivity contribution in [3.8, 4) is 0 Å². The standard InChI is InChI=1S/C10H11N5O3/c1-6-4-11-13-9(6)12-10(16)8-3-7(15(17)18)5-14(8)2/h3-5H,1-2H3,(H2,11,12,13,16). The van der Waals surface area contributed by atoms with Crippen LogP contribution in [-0.2, 0) is 7.05 Å². The van der Waals surface area contributed by atoms with E-state index in [4.69, 9.17) is 0 Å². The molecule has 0 radical (unpaired) electrons. The molecule has 2 aromatic rings. The molecule has 0 atom stereocenters. The molecule has 2 aromatic heterocycles. The van der Waals surface area contributed by atoms with Gasteiger partial charge in [-0.2, -0.15) is 5.10 Å². The molecule has 0 aliphatic carbocycles. The largest absolute Gasteiger partial charge is 0.340 e. The van der Waals surface area contributed by atoms with Gasteiger partial charge in [-0.1, -0.05) is 0 Å². The Morgan fingerprint density at radius 3 is 2.83 bits per heavy atom. The number of nitrogens with one attached hydrogen (secondary N) is 2. The average molecular weight is 249 g/mol. The van der Waals surface area contributed by atoms with Crippen LogP contribution < -0.4 is 5.32 Å². The van der Waals surface area contributed by atoms with Crippen LogP contribution in [0.1, 0.15) is 16.1 Å². The Kier molecular flexibility index (Phi) is 2.84. The Morgan fingerprint density at radius 2 is 2.33 bits per heavy atom. The van der Waals surface area contributed by atoms with E-state index < -0.39 is 10.8 Å². The first-order chi connectivity index (χ1) is 8.49. The van der Waals surface area contributed by atoms with Crippen molar-refractivity contribution < 1.29 is 9.72 Å². The number of anilines is 1. The smallest absolute Gasteiger partial charge is 0.287 e. The molecular weight excluding hydrogens is 238 g/mol. The van der Waals surface area contributed by atoms with Gasteiger partial charge < -0.3 is 9.88 Å². The lowest BCUT2D eigenvalue weighted by molar-refractivity contribution is -0.384. The number of H-pyrrole nitrogens is 1. The van der Waals surface area contributed by atoms with Crippen molar-refractivity contribution in [1.82, 2.24) is 14.8 Å². The first kappa shape index (κ1) is 11.8. The predicted molar refractivity (Wildman–Crippen MR) is 63.3 cm³/mol. The molecule has 18 heavy (non-hydrogen) atoms. The van der Waals surface area contributed by atoms with Crippen LogP contribution in [0.3, 0.4) is 0 Å². The number of aromatic amines is 1. The molecule has 0 bridgehead atoms. The number of nitrogens with zero attached hydrogens (tertiary/aromatic N) is 3. The number of nitro groups is 1. The first-order valence-corrected chi connectivity index (χ1v) is 5.11. The highest BCUT2D eigenvalue weighted by Gasteiger charge is 2.18. The van der Waals surface area contributed by atoms with Crippen LogP contribution in [0.2, 0.25) is 0 Å². The average Bonchev–Trinajstić information content (AvgIpc) is 2.86. The van der Waals surface area contributed by atoms with Crippen molar-refractivity contribution in [2.75, 3.05) is 5.32 Å². The van der Waals surface area contributed by atoms with E-state index in [1.165, 1.54) is 16.8 Å². The summed E-state index contributed by atoms with van der Waals surface area (Å²) >= 11 is 0. The number of aromatic nitrogens is 3. The number of hydrogen-bond donors (Lipinski definition) is 2. The van der Waals surface area contributed by atoms with Gasteiger partial charge in [0.15, 0.2) is 0 Å². The zero-order valence-electron chi connectivity index (χ0n) is 9.80. The van der Waals surface area contributed by atoms with Crippen molar-refractivity contribution in [1.29, 1.82) is 0 Å². The van der Waals surface area contributed by atoms with Gasteiger partial charge in [0, 0.05) is 18.7 Å². The molecule has 1 amide bonds. The molecule has 8 nitrogen and oxygen atoms in total. The van der Waals surface area contributed by atoms with Gasteiger partial charge in [0.2, 0.25) is 0 Å². The SMILES string of the molecule is Cc1cn[nH]c1NC(=O)c1cc([N+](=O)[O-])cn1C. The lowest BCUT2D eigenvalue weighted by Gasteiger charge is -2.03. The minimum atomic E-state index is -0.543. The summed E-state index contributed by atoms with van der Waals surface area (Å²) in [6.45, 7) is 1.78. The molecule has 0 saturated carbocycles. The van der Waals surface area contributed by atoms with E-state index in [1.54, 1.807) is 20.2 Å². The Labute approximate surface area is 102 Å². The fourth-order valence-corrected chi connectivity index (χ4v) is 1.52. The molecule has 8 heteroatoms. The second-order valence-corrected chi connectivity index (χ2v) is 3.83. The summed E-state index contributed by atoms with van der Waals surface area (Å²) < 4.78 is 1.40. The van der Waals surface area contributed by atoms with Gasteiger partial charge in [0.05, 0.1) is 17.3 Å². The van der Waals surface area contributed by atoms with Gasteiger partial charge in [-0.25, -0.2) is 0 Å². The van der Waals surface area contributed by atoms with Crippen molar-refractivity contribution in [2.24, 2.45) is 7.05 Å². The second-order valence-electron chi connectivity index (χ2n) is 3.83. The molecule has 0 aliphatic rings. The van der Waals surface area contributed by atoms with Gasteiger partial charge in [0.25, 0.3) is 11.6 Å². The maximum absolute atomic E-state index is 11.9. The van der Waals surface area contributed by atoms with E-state index in [-0.39, 0.29) is 11.4 Å². The van der Waals surface area contributed by atoms with Gasteiger partial charge in [-0.15, -0.1) is 0 Å². The fraction of sp³-hybridized carbons (Fsp3) is 0.200. The van der Waals surface area contributed by atoms with Crippen LogP contribution in [0.25, 0.3) is 0 Å². The maximum atomic E-state index is 11.9. The Hall–Kier alpha value is -2.64. The Morgan fingerprint density at radius 1 is 1.61 bits per heavy atom. The third-order valence-electron chi connectivity index (χ3n) is 2.50. The zero-order chi connectivity index (χ0) is 13.3. The van der Waals surface area contributed by atoms with Gasteiger partial charge in [-0.05, 0) is 6.92 Å². The summed E-state index contributed by atoms with van der Waals surface area (Å²) in [6.07, 6.45) is 2.86. The van der Waals surface area contributed by atoms with E-state index >= 15 is 0 Å². The van der Waals surface area contributed by atoms with E-state index in [9.17, 15) is 14.9 Å². The van der Waals surface area contributed by atoms with Crippen LogP contribution in [0.4, 0.5) is 11.5 Å². The molecule has 0 fully saturated rings. The van der Waals surface area contributed by atoms with Crippen LogP contribution >= 0.6 is 0 Å². The van der Waals surface area contributed by atoms with Crippen LogP contribution in [-0.4, -0.2) is 25.6 Å². The number of aryl methyl sites for hydroxylation is 2. The predicted octanol–water partition coefficient (Wildman–Crippen LogP) is 1.22. The third kappa shape index (κ3) is 2.08. The highest BCUT2D eigenvalue weighted by Crippen LogP contribution is 2.17. The molecule has 2 heterocycles. The van der Waals surface area contributed by atoms with Gasteiger partial charge in [-0.3, -0.25) is 20.0 Å².